The number of furan rings is 1. The lowest BCUT2D eigenvalue weighted by Crippen LogP contribution is -2.46. The zero-order valence-corrected chi connectivity index (χ0v) is 11.7. The van der Waals surface area contributed by atoms with Crippen molar-refractivity contribution in [2.45, 2.75) is 44.2 Å². The molecule has 0 bridgehead atoms. The van der Waals surface area contributed by atoms with Gasteiger partial charge in [0.25, 0.3) is 5.91 Å². The van der Waals surface area contributed by atoms with Crippen LogP contribution in [0.25, 0.3) is 0 Å². The minimum Gasteiger partial charge on any atom is -0.480 e. The van der Waals surface area contributed by atoms with Crippen LogP contribution in [0.1, 0.15) is 42.7 Å². The summed E-state index contributed by atoms with van der Waals surface area (Å²) < 4.78 is 5.15. The summed E-state index contributed by atoms with van der Waals surface area (Å²) in [6.45, 7) is 0. The van der Waals surface area contributed by atoms with Crippen LogP contribution >= 0.6 is 11.6 Å². The molecule has 2 heterocycles. The molecule has 6 heteroatoms. The first-order chi connectivity index (χ1) is 9.58. The van der Waals surface area contributed by atoms with Crippen molar-refractivity contribution >= 4 is 23.5 Å². The van der Waals surface area contributed by atoms with Crippen LogP contribution in [0.5, 0.6) is 0 Å². The molecule has 1 aliphatic carbocycles. The Labute approximate surface area is 121 Å². The van der Waals surface area contributed by atoms with E-state index in [9.17, 15) is 14.7 Å². The molecule has 0 spiro atoms. The zero-order chi connectivity index (χ0) is 14.3. The second-order valence-corrected chi connectivity index (χ2v) is 5.89. The van der Waals surface area contributed by atoms with Crippen LogP contribution in [0.15, 0.2) is 16.5 Å². The lowest BCUT2D eigenvalue weighted by molar-refractivity contribution is -0.141. The van der Waals surface area contributed by atoms with E-state index in [1.165, 1.54) is 17.0 Å². The Morgan fingerprint density at radius 1 is 1.30 bits per heavy atom. The van der Waals surface area contributed by atoms with Gasteiger partial charge in [0.2, 0.25) is 0 Å². The van der Waals surface area contributed by atoms with E-state index < -0.39 is 12.0 Å². The average molecular weight is 298 g/mol. The maximum Gasteiger partial charge on any atom is 0.326 e. The first-order valence-corrected chi connectivity index (χ1v) is 7.26. The maximum absolute atomic E-state index is 12.5. The number of aliphatic carboxylic acids is 1. The van der Waals surface area contributed by atoms with Crippen LogP contribution in [0.2, 0.25) is 5.22 Å². The topological polar surface area (TPSA) is 70.8 Å². The normalized spacial score (nSPS) is 29.2. The summed E-state index contributed by atoms with van der Waals surface area (Å²) >= 11 is 5.69. The van der Waals surface area contributed by atoms with Gasteiger partial charge in [0, 0.05) is 6.04 Å². The van der Waals surface area contributed by atoms with Crippen molar-refractivity contribution in [3.05, 3.63) is 23.1 Å². The molecule has 1 N–H and O–H groups in total. The number of amides is 1. The third kappa shape index (κ3) is 2.20. The van der Waals surface area contributed by atoms with Crippen molar-refractivity contribution < 1.29 is 19.1 Å². The fraction of sp³-hybridized carbons (Fsp3) is 0.571. The van der Waals surface area contributed by atoms with Gasteiger partial charge in [0.15, 0.2) is 11.0 Å². The van der Waals surface area contributed by atoms with E-state index in [2.05, 4.69) is 0 Å². The summed E-state index contributed by atoms with van der Waals surface area (Å²) in [7, 11) is 0. The summed E-state index contributed by atoms with van der Waals surface area (Å²) in [6, 6.07) is 2.26. The molecule has 1 amide bonds. The van der Waals surface area contributed by atoms with Crippen LogP contribution in [-0.2, 0) is 4.79 Å². The van der Waals surface area contributed by atoms with Gasteiger partial charge in [0.05, 0.1) is 0 Å². The second kappa shape index (κ2) is 5.13. The number of rotatable bonds is 2. The lowest BCUT2D eigenvalue weighted by Gasteiger charge is -2.32. The molecule has 0 aromatic carbocycles. The minimum absolute atomic E-state index is 0.0150. The molecule has 0 unspecified atom stereocenters. The first kappa shape index (κ1) is 13.5. The number of carboxylic acids is 1. The monoisotopic (exact) mass is 297 g/mol. The SMILES string of the molecule is O=C(O)[C@@H]1C[C@@H]2CCCC[C@H]2N1C(=O)c1ccc(Cl)o1. The average Bonchev–Trinajstić information content (AvgIpc) is 3.01. The highest BCUT2D eigenvalue weighted by Crippen LogP contribution is 2.40. The van der Waals surface area contributed by atoms with Gasteiger partial charge in [-0.15, -0.1) is 0 Å². The number of carbonyl (C=O) groups is 2. The fourth-order valence-corrected chi connectivity index (χ4v) is 3.68. The Balaban J connectivity index is 1.90. The molecule has 5 nitrogen and oxygen atoms in total. The minimum atomic E-state index is -0.939. The molecule has 108 valence electrons. The number of carboxylic acid groups (broad SMARTS) is 1. The van der Waals surface area contributed by atoms with Gasteiger partial charge in [-0.2, -0.15) is 0 Å². The number of hydrogen-bond donors (Lipinski definition) is 1. The van der Waals surface area contributed by atoms with Crippen LogP contribution < -0.4 is 0 Å². The highest BCUT2D eigenvalue weighted by atomic mass is 35.5. The summed E-state index contributed by atoms with van der Waals surface area (Å²) in [5.74, 6) is -0.893. The molecule has 0 radical (unpaired) electrons. The second-order valence-electron chi connectivity index (χ2n) is 5.52. The summed E-state index contributed by atoms with van der Waals surface area (Å²) in [6.07, 6.45) is 4.56. The van der Waals surface area contributed by atoms with Crippen molar-refractivity contribution in [2.24, 2.45) is 5.92 Å². The number of carbonyl (C=O) groups excluding carboxylic acids is 1. The highest BCUT2D eigenvalue weighted by molar-refractivity contribution is 6.29. The van der Waals surface area contributed by atoms with E-state index in [0.29, 0.717) is 12.3 Å². The van der Waals surface area contributed by atoms with Crippen molar-refractivity contribution in [1.82, 2.24) is 4.90 Å². The van der Waals surface area contributed by atoms with Crippen LogP contribution in [-0.4, -0.2) is 34.0 Å². The Kier molecular flexibility index (Phi) is 3.46. The van der Waals surface area contributed by atoms with E-state index in [1.807, 2.05) is 0 Å². The molecule has 1 aliphatic heterocycles. The van der Waals surface area contributed by atoms with Crippen molar-refractivity contribution in [2.75, 3.05) is 0 Å². The molecule has 1 saturated heterocycles. The van der Waals surface area contributed by atoms with Crippen molar-refractivity contribution in [3.63, 3.8) is 0 Å². The Hall–Kier alpha value is -1.49. The molecule has 1 aromatic rings. The number of fused-ring (bicyclic) bond motifs is 1. The molecule has 2 fully saturated rings. The number of hydrogen-bond acceptors (Lipinski definition) is 3. The maximum atomic E-state index is 12.5. The molecule has 2 aliphatic rings. The summed E-state index contributed by atoms with van der Waals surface area (Å²) in [5.41, 5.74) is 0. The van der Waals surface area contributed by atoms with E-state index in [1.54, 1.807) is 0 Å². The highest BCUT2D eigenvalue weighted by Gasteiger charge is 2.48. The third-order valence-corrected chi connectivity index (χ3v) is 4.59. The quantitative estimate of drug-likeness (QED) is 0.911. The smallest absolute Gasteiger partial charge is 0.326 e. The molecule has 1 saturated carbocycles. The standard InChI is InChI=1S/C14H16ClNO4/c15-12-6-5-11(20-12)13(17)16-9-4-2-1-3-8(9)7-10(16)14(18)19/h5-6,8-10H,1-4,7H2,(H,18,19)/t8-,9+,10-/m0/s1. The van der Waals surface area contributed by atoms with Crippen molar-refractivity contribution in [1.29, 1.82) is 0 Å². The van der Waals surface area contributed by atoms with Gasteiger partial charge in [0.1, 0.15) is 6.04 Å². The van der Waals surface area contributed by atoms with E-state index in [0.717, 1.165) is 25.7 Å². The zero-order valence-electron chi connectivity index (χ0n) is 10.9. The predicted molar refractivity (Wildman–Crippen MR) is 71.7 cm³/mol. The predicted octanol–water partition coefficient (Wildman–Crippen LogP) is 2.79. The van der Waals surface area contributed by atoms with E-state index >= 15 is 0 Å². The summed E-state index contributed by atoms with van der Waals surface area (Å²) in [5, 5.41) is 9.52. The van der Waals surface area contributed by atoms with Gasteiger partial charge in [-0.05, 0) is 48.9 Å². The molecular formula is C14H16ClNO4. The summed E-state index contributed by atoms with van der Waals surface area (Å²) in [4.78, 5) is 25.5. The number of likely N-dealkylation sites (tertiary alicyclic amines) is 1. The molecule has 20 heavy (non-hydrogen) atoms. The van der Waals surface area contributed by atoms with Gasteiger partial charge in [-0.1, -0.05) is 12.8 Å². The van der Waals surface area contributed by atoms with Gasteiger partial charge < -0.3 is 14.4 Å². The lowest BCUT2D eigenvalue weighted by atomic mass is 9.84. The van der Waals surface area contributed by atoms with Gasteiger partial charge >= 0.3 is 5.97 Å². The fourth-order valence-electron chi connectivity index (χ4n) is 3.53. The Morgan fingerprint density at radius 2 is 2.05 bits per heavy atom. The van der Waals surface area contributed by atoms with Crippen molar-refractivity contribution in [3.8, 4) is 0 Å². The van der Waals surface area contributed by atoms with Gasteiger partial charge in [-0.25, -0.2) is 4.79 Å². The largest absolute Gasteiger partial charge is 0.480 e. The molecule has 3 atom stereocenters. The van der Waals surface area contributed by atoms with Crippen LogP contribution in [0.4, 0.5) is 0 Å². The third-order valence-electron chi connectivity index (χ3n) is 4.39. The van der Waals surface area contributed by atoms with E-state index in [4.69, 9.17) is 16.0 Å². The Morgan fingerprint density at radius 3 is 2.70 bits per heavy atom. The van der Waals surface area contributed by atoms with Gasteiger partial charge in [-0.3, -0.25) is 4.79 Å². The molecule has 3 rings (SSSR count). The molecular weight excluding hydrogens is 282 g/mol. The molecule has 1 aromatic heterocycles. The van der Waals surface area contributed by atoms with Crippen LogP contribution in [0, 0.1) is 5.92 Å². The number of nitrogens with zero attached hydrogens (tertiary/aromatic N) is 1. The first-order valence-electron chi connectivity index (χ1n) is 6.88. The number of halogens is 1. The Bertz CT molecular complexity index is 541. The van der Waals surface area contributed by atoms with Crippen LogP contribution in [0.3, 0.4) is 0 Å². The van der Waals surface area contributed by atoms with E-state index in [-0.39, 0.29) is 22.9 Å².